The summed E-state index contributed by atoms with van der Waals surface area (Å²) < 4.78 is 13.0. The van der Waals surface area contributed by atoms with Gasteiger partial charge in [-0.2, -0.15) is 0 Å². The monoisotopic (exact) mass is 326 g/mol. The van der Waals surface area contributed by atoms with Crippen LogP contribution in [0.15, 0.2) is 54.6 Å². The largest absolute Gasteiger partial charge is 0.355 e. The molecule has 1 N–H and O–H groups in total. The SMILES string of the molecule is O=C(Cc1ccccc1)NC[C@H]1CC(=O)N(c2ccc(F)cc2)C1. The average Bonchev–Trinajstić information content (AvgIpc) is 2.95. The van der Waals surface area contributed by atoms with Crippen LogP contribution in [0, 0.1) is 11.7 Å². The third-order valence-electron chi connectivity index (χ3n) is 4.14. The minimum Gasteiger partial charge on any atom is -0.355 e. The first-order valence-corrected chi connectivity index (χ1v) is 7.98. The van der Waals surface area contributed by atoms with Crippen LogP contribution < -0.4 is 10.2 Å². The lowest BCUT2D eigenvalue weighted by Crippen LogP contribution is -2.32. The van der Waals surface area contributed by atoms with E-state index in [0.29, 0.717) is 31.6 Å². The number of hydrogen-bond donors (Lipinski definition) is 1. The lowest BCUT2D eigenvalue weighted by atomic mass is 10.1. The number of carbonyl (C=O) groups is 2. The summed E-state index contributed by atoms with van der Waals surface area (Å²) in [6.45, 7) is 1.01. The summed E-state index contributed by atoms with van der Waals surface area (Å²) >= 11 is 0. The maximum atomic E-state index is 13.0. The molecule has 0 saturated carbocycles. The molecule has 1 heterocycles. The smallest absolute Gasteiger partial charge is 0.227 e. The summed E-state index contributed by atoms with van der Waals surface area (Å²) in [7, 11) is 0. The maximum absolute atomic E-state index is 13.0. The third-order valence-corrected chi connectivity index (χ3v) is 4.14. The molecule has 0 aromatic heterocycles. The molecule has 2 aromatic rings. The van der Waals surface area contributed by atoms with E-state index in [9.17, 15) is 14.0 Å². The first kappa shape index (κ1) is 16.2. The molecular formula is C19H19FN2O2. The quantitative estimate of drug-likeness (QED) is 0.918. The number of nitrogens with zero attached hydrogens (tertiary/aromatic N) is 1. The van der Waals surface area contributed by atoms with Crippen LogP contribution in [0.4, 0.5) is 10.1 Å². The van der Waals surface area contributed by atoms with Gasteiger partial charge in [0.1, 0.15) is 5.82 Å². The van der Waals surface area contributed by atoms with Crippen molar-refractivity contribution >= 4 is 17.5 Å². The van der Waals surface area contributed by atoms with Crippen LogP contribution in [-0.2, 0) is 16.0 Å². The fraction of sp³-hybridized carbons (Fsp3) is 0.263. The highest BCUT2D eigenvalue weighted by atomic mass is 19.1. The van der Waals surface area contributed by atoms with Crippen molar-refractivity contribution in [3.05, 3.63) is 66.0 Å². The minimum absolute atomic E-state index is 0.00363. The van der Waals surface area contributed by atoms with Crippen molar-refractivity contribution in [3.8, 4) is 0 Å². The summed E-state index contributed by atoms with van der Waals surface area (Å²) in [5.41, 5.74) is 1.66. The van der Waals surface area contributed by atoms with E-state index in [0.717, 1.165) is 5.56 Å². The van der Waals surface area contributed by atoms with Gasteiger partial charge in [-0.3, -0.25) is 9.59 Å². The molecule has 24 heavy (non-hydrogen) atoms. The molecule has 124 valence electrons. The highest BCUT2D eigenvalue weighted by Crippen LogP contribution is 2.24. The molecular weight excluding hydrogens is 307 g/mol. The molecule has 1 aliphatic heterocycles. The zero-order valence-corrected chi connectivity index (χ0v) is 13.2. The molecule has 0 unspecified atom stereocenters. The molecule has 0 aliphatic carbocycles. The highest BCUT2D eigenvalue weighted by molar-refractivity contribution is 5.95. The lowest BCUT2D eigenvalue weighted by Gasteiger charge is -2.17. The number of anilines is 1. The van der Waals surface area contributed by atoms with Gasteiger partial charge in [-0.1, -0.05) is 30.3 Å². The molecule has 0 bridgehead atoms. The molecule has 1 atom stereocenters. The van der Waals surface area contributed by atoms with Crippen molar-refractivity contribution in [3.63, 3.8) is 0 Å². The number of nitrogens with one attached hydrogen (secondary N) is 1. The van der Waals surface area contributed by atoms with E-state index < -0.39 is 0 Å². The van der Waals surface area contributed by atoms with E-state index in [2.05, 4.69) is 5.32 Å². The topological polar surface area (TPSA) is 49.4 Å². The molecule has 1 fully saturated rings. The molecule has 0 spiro atoms. The Bertz CT molecular complexity index is 716. The Morgan fingerprint density at radius 3 is 2.54 bits per heavy atom. The van der Waals surface area contributed by atoms with E-state index in [1.54, 1.807) is 17.0 Å². The Morgan fingerprint density at radius 2 is 1.83 bits per heavy atom. The molecule has 3 rings (SSSR count). The van der Waals surface area contributed by atoms with Gasteiger partial charge in [-0.25, -0.2) is 4.39 Å². The van der Waals surface area contributed by atoms with Crippen molar-refractivity contribution in [2.24, 2.45) is 5.92 Å². The summed E-state index contributed by atoms with van der Waals surface area (Å²) in [5, 5.41) is 2.90. The van der Waals surface area contributed by atoms with Gasteiger partial charge in [-0.05, 0) is 29.8 Å². The zero-order chi connectivity index (χ0) is 16.9. The van der Waals surface area contributed by atoms with Crippen molar-refractivity contribution < 1.29 is 14.0 Å². The molecule has 1 aliphatic rings. The Hall–Kier alpha value is -2.69. The number of halogens is 1. The first-order valence-electron chi connectivity index (χ1n) is 7.98. The van der Waals surface area contributed by atoms with Crippen molar-refractivity contribution in [2.45, 2.75) is 12.8 Å². The average molecular weight is 326 g/mol. The Labute approximate surface area is 140 Å². The van der Waals surface area contributed by atoms with Crippen LogP contribution in [0.3, 0.4) is 0 Å². The Balaban J connectivity index is 1.51. The van der Waals surface area contributed by atoms with Crippen molar-refractivity contribution in [1.82, 2.24) is 5.32 Å². The van der Waals surface area contributed by atoms with Crippen LogP contribution in [0.5, 0.6) is 0 Å². The Kier molecular flexibility index (Phi) is 4.89. The van der Waals surface area contributed by atoms with Gasteiger partial charge in [0.2, 0.25) is 11.8 Å². The normalized spacial score (nSPS) is 17.1. The summed E-state index contributed by atoms with van der Waals surface area (Å²) in [4.78, 5) is 25.8. The predicted molar refractivity (Wildman–Crippen MR) is 90.0 cm³/mol. The number of benzene rings is 2. The fourth-order valence-corrected chi connectivity index (χ4v) is 2.89. The second-order valence-electron chi connectivity index (χ2n) is 6.02. The summed E-state index contributed by atoms with van der Waals surface area (Å²) in [6, 6.07) is 15.4. The molecule has 2 amide bonds. The second-order valence-corrected chi connectivity index (χ2v) is 6.02. The van der Waals surface area contributed by atoms with Crippen molar-refractivity contribution in [1.29, 1.82) is 0 Å². The van der Waals surface area contributed by atoms with E-state index in [-0.39, 0.29) is 23.5 Å². The van der Waals surface area contributed by atoms with Crippen LogP contribution >= 0.6 is 0 Å². The number of amides is 2. The van der Waals surface area contributed by atoms with Crippen LogP contribution in [0.1, 0.15) is 12.0 Å². The van der Waals surface area contributed by atoms with Gasteiger partial charge in [0.15, 0.2) is 0 Å². The summed E-state index contributed by atoms with van der Waals surface area (Å²) in [5.74, 6) is -0.296. The van der Waals surface area contributed by atoms with E-state index in [1.807, 2.05) is 30.3 Å². The number of rotatable bonds is 5. The van der Waals surface area contributed by atoms with Crippen LogP contribution in [0.2, 0.25) is 0 Å². The number of hydrogen-bond acceptors (Lipinski definition) is 2. The van der Waals surface area contributed by atoms with E-state index in [1.165, 1.54) is 12.1 Å². The Morgan fingerprint density at radius 1 is 1.12 bits per heavy atom. The van der Waals surface area contributed by atoms with Gasteiger partial charge in [0.25, 0.3) is 0 Å². The first-order chi connectivity index (χ1) is 11.6. The second kappa shape index (κ2) is 7.25. The molecule has 4 nitrogen and oxygen atoms in total. The van der Waals surface area contributed by atoms with Gasteiger partial charge in [0, 0.05) is 31.1 Å². The predicted octanol–water partition coefficient (Wildman–Crippen LogP) is 2.54. The lowest BCUT2D eigenvalue weighted by molar-refractivity contribution is -0.121. The fourth-order valence-electron chi connectivity index (χ4n) is 2.89. The number of carbonyl (C=O) groups excluding carboxylic acids is 2. The van der Waals surface area contributed by atoms with Crippen LogP contribution in [-0.4, -0.2) is 24.9 Å². The third kappa shape index (κ3) is 3.98. The van der Waals surface area contributed by atoms with Gasteiger partial charge in [0.05, 0.1) is 6.42 Å². The van der Waals surface area contributed by atoms with Gasteiger partial charge < -0.3 is 10.2 Å². The summed E-state index contributed by atoms with van der Waals surface area (Å²) in [6.07, 6.45) is 0.728. The molecule has 0 radical (unpaired) electrons. The molecule has 1 saturated heterocycles. The standard InChI is InChI=1S/C19H19FN2O2/c20-16-6-8-17(9-7-16)22-13-15(11-19(22)24)12-21-18(23)10-14-4-2-1-3-5-14/h1-9,15H,10-13H2,(H,21,23)/t15-/m1/s1. The molecule has 2 aromatic carbocycles. The minimum atomic E-state index is -0.324. The van der Waals surface area contributed by atoms with E-state index >= 15 is 0 Å². The van der Waals surface area contributed by atoms with Crippen LogP contribution in [0.25, 0.3) is 0 Å². The zero-order valence-electron chi connectivity index (χ0n) is 13.2. The van der Waals surface area contributed by atoms with E-state index in [4.69, 9.17) is 0 Å². The van der Waals surface area contributed by atoms with Gasteiger partial charge in [-0.15, -0.1) is 0 Å². The van der Waals surface area contributed by atoms with Gasteiger partial charge >= 0.3 is 0 Å². The van der Waals surface area contributed by atoms with Crippen molar-refractivity contribution in [2.75, 3.05) is 18.0 Å². The molecule has 5 heteroatoms. The highest BCUT2D eigenvalue weighted by Gasteiger charge is 2.30. The maximum Gasteiger partial charge on any atom is 0.227 e.